The Bertz CT molecular complexity index is 6050. The number of fused-ring (bicyclic) bond motifs is 5. The molecule has 0 aliphatic rings. The number of H-pyrrole nitrogens is 5. The van der Waals surface area contributed by atoms with Gasteiger partial charge >= 0.3 is 60.9 Å². The predicted octanol–water partition coefficient (Wildman–Crippen LogP) is 19.5. The standard InChI is InChI=1S/C23H30N4O5S.C22H29BrN2O6.C22H30N2O6.C21H28N2O7.C11H12N2O3/c1-22(2,3)31-20(28)27-17(18-12-33-19(24)26-18)9-13-11-25-16-8-7-14(10-15(13)16)30-21(29)32-23(4,5)6;1-21(2,3)30-19(27)25-17(18(26)11-23)9-13-12-24-16-8-7-14(10-15(13)16)29-20(28)31-22(4,5)6;1-13(25)18(24-19(26)29-21(2,3)4)10-14-12-23-17-9-8-15(11-16(14)17)28-20(27)30-22(5,6)7;1-20(2,3)29-18(26)23-16(17(24)25)9-12-11-22-15-8-7-13(10-14(12)15)28-19(27)30-21(4,5)6;12-9(11(15)16)3-6-5-13-10-2-1-7(14)4-8(6)10/h7-8,10-12,17,25H,9H2,1-6H3,(H2,24,26)(H,27,28);7-8,10,12,17,24H,9,11H2,1-6H3,(H,25,27);8-9,11-12,18,23H,10H2,1-7H3,(H,24,26);7-8,10-11,16,22H,9H2,1-6H3,(H,23,26)(H,24,25);1-2,4-5,9,13-14H,3,12H2,(H,15,16)/t2*17-;18-;16-;9-/m00000/s1. The lowest BCUT2D eigenvalue weighted by Crippen LogP contribution is -2.45. The highest BCUT2D eigenvalue weighted by atomic mass is 79.9. The first-order valence-corrected chi connectivity index (χ1v) is 46.4. The number of nitrogens with two attached hydrogens (primary N) is 2. The van der Waals surface area contributed by atoms with Crippen molar-refractivity contribution in [3.8, 4) is 28.7 Å². The third-order valence-electron chi connectivity index (χ3n) is 18.5. The van der Waals surface area contributed by atoms with Crippen LogP contribution in [0, 0.1) is 0 Å². The van der Waals surface area contributed by atoms with E-state index in [1.54, 1.807) is 276 Å². The molecule has 0 unspecified atom stereocenters. The van der Waals surface area contributed by atoms with Crippen molar-refractivity contribution in [3.05, 3.63) is 161 Å². The summed E-state index contributed by atoms with van der Waals surface area (Å²) in [5, 5.41) is 44.2. The zero-order valence-electron chi connectivity index (χ0n) is 83.3. The Kier molecular flexibility index (Phi) is 38.3. The van der Waals surface area contributed by atoms with E-state index >= 15 is 0 Å². The number of nitrogen functional groups attached to an aromatic ring is 1. The smallest absolute Gasteiger partial charge is 0.508 e. The number of hydrogen-bond acceptors (Lipinski definition) is 29. The third-order valence-corrected chi connectivity index (χ3v) is 19.7. The predicted molar refractivity (Wildman–Crippen MR) is 530 cm³/mol. The first-order chi connectivity index (χ1) is 64.6. The fraction of sp³-hybridized carbons (Fsp3) is 0.444. The second-order valence-electron chi connectivity index (χ2n) is 40.3. The lowest BCUT2D eigenvalue weighted by molar-refractivity contribution is -0.140. The molecule has 39 nitrogen and oxygen atoms in total. The van der Waals surface area contributed by atoms with Gasteiger partial charge in [-0.25, -0.2) is 48.1 Å². The van der Waals surface area contributed by atoms with Gasteiger partial charge < -0.3 is 130 Å². The van der Waals surface area contributed by atoms with Gasteiger partial charge in [-0.3, -0.25) is 14.4 Å². The summed E-state index contributed by atoms with van der Waals surface area (Å²) >= 11 is 4.46. The Morgan fingerprint density at radius 1 is 0.371 bits per heavy atom. The fourth-order valence-corrected chi connectivity index (χ4v) is 13.9. The van der Waals surface area contributed by atoms with Crippen LogP contribution in [0.5, 0.6) is 28.7 Å². The second kappa shape index (κ2) is 47.5. The molecule has 5 aromatic carbocycles. The number of aromatic amines is 5. The molecular weight excluding hydrogens is 1900 g/mol. The number of ether oxygens (including phenoxy) is 12. The number of benzene rings is 5. The molecule has 0 radical (unpaired) electrons. The molecule has 6 aromatic heterocycles. The van der Waals surface area contributed by atoms with Gasteiger partial charge in [0, 0.05) is 123 Å². The molecule has 5 atom stereocenters. The molecule has 4 amide bonds. The molecule has 760 valence electrons. The molecule has 0 spiro atoms. The first kappa shape index (κ1) is 113. The Labute approximate surface area is 822 Å². The van der Waals surface area contributed by atoms with Crippen molar-refractivity contribution in [1.29, 1.82) is 0 Å². The Hall–Kier alpha value is -14.1. The molecule has 11 aromatic rings. The molecule has 0 fully saturated rings. The fourth-order valence-electron chi connectivity index (χ4n) is 12.9. The van der Waals surface area contributed by atoms with Gasteiger partial charge in [-0.05, 0) is 292 Å². The summed E-state index contributed by atoms with van der Waals surface area (Å²) in [7, 11) is 0. The van der Waals surface area contributed by atoms with Gasteiger partial charge in [0.25, 0.3) is 0 Å². The summed E-state index contributed by atoms with van der Waals surface area (Å²) in [6.45, 7) is 43.4. The van der Waals surface area contributed by atoms with Crippen molar-refractivity contribution in [3.63, 3.8) is 0 Å². The highest BCUT2D eigenvalue weighted by Crippen LogP contribution is 2.34. The zero-order chi connectivity index (χ0) is 105. The molecule has 0 aliphatic heterocycles. The SMILES string of the molecule is CC(=O)[C@H](Cc1c[nH]c2ccc(OC(=O)OC(C)(C)C)cc12)NC(=O)OC(C)(C)C.CC(C)(C)OC(=O)N[C@@H](Cc1c[nH]c2ccc(OC(=O)OC(C)(C)C)cc12)C(=O)CBr.CC(C)(C)OC(=O)N[C@@H](Cc1c[nH]c2ccc(OC(=O)OC(C)(C)C)cc12)C(=O)O.CC(C)(C)OC(=O)N[C@@H](Cc1c[nH]c2ccc(OC(=O)OC(C)(C)C)cc12)c1csc(N)n1.N[C@@H](Cc1c[nH]c2ccc(O)cc12)C(=O)O. The highest BCUT2D eigenvalue weighted by molar-refractivity contribution is 9.09. The summed E-state index contributed by atoms with van der Waals surface area (Å²) in [4.78, 5) is 163. The molecule has 16 N–H and O–H groups in total. The van der Waals surface area contributed by atoms with E-state index in [1.807, 2.05) is 17.6 Å². The molecule has 41 heteroatoms. The quantitative estimate of drug-likeness (QED) is 0.0116. The van der Waals surface area contributed by atoms with Crippen LogP contribution < -0.4 is 51.7 Å². The van der Waals surface area contributed by atoms with Gasteiger partial charge in [0.2, 0.25) is 0 Å². The van der Waals surface area contributed by atoms with Gasteiger partial charge in [-0.15, -0.1) is 11.3 Å². The summed E-state index contributed by atoms with van der Waals surface area (Å²) in [6.07, 6.45) is 3.97. The maximum Gasteiger partial charge on any atom is 0.514 e. The number of halogens is 1. The van der Waals surface area contributed by atoms with Crippen LogP contribution in [0.2, 0.25) is 0 Å². The van der Waals surface area contributed by atoms with E-state index in [-0.39, 0.29) is 54.1 Å². The van der Waals surface area contributed by atoms with E-state index in [1.165, 1.54) is 18.3 Å². The van der Waals surface area contributed by atoms with E-state index in [0.717, 1.165) is 71.4 Å². The van der Waals surface area contributed by atoms with Crippen molar-refractivity contribution in [1.82, 2.24) is 51.2 Å². The lowest BCUT2D eigenvalue weighted by Gasteiger charge is -2.23. The van der Waals surface area contributed by atoms with Crippen molar-refractivity contribution in [2.24, 2.45) is 5.73 Å². The van der Waals surface area contributed by atoms with Crippen molar-refractivity contribution in [2.45, 2.75) is 280 Å². The number of alkyl halides is 1. The Balaban J connectivity index is 0.000000241. The number of aromatic hydroxyl groups is 1. The van der Waals surface area contributed by atoms with Crippen LogP contribution in [-0.2, 0) is 89.2 Å². The first-order valence-electron chi connectivity index (χ1n) is 44.4. The number of nitrogens with zero attached hydrogens (tertiary/aromatic N) is 1. The Morgan fingerprint density at radius 2 is 0.643 bits per heavy atom. The van der Waals surface area contributed by atoms with Crippen LogP contribution in [0.15, 0.2) is 127 Å². The monoisotopic (exact) mass is 2030 g/mol. The molecular formula is C99H129BrN12O27S. The molecule has 0 saturated heterocycles. The van der Waals surface area contributed by atoms with Crippen molar-refractivity contribution in [2.75, 3.05) is 11.1 Å². The van der Waals surface area contributed by atoms with E-state index < -0.39 is 136 Å². The number of carbonyl (C=O) groups is 12. The molecule has 0 aliphatic carbocycles. The Morgan fingerprint density at radius 3 is 0.929 bits per heavy atom. The molecule has 140 heavy (non-hydrogen) atoms. The maximum absolute atomic E-state index is 12.5. The summed E-state index contributed by atoms with van der Waals surface area (Å²) in [6, 6.07) is 21.1. The normalized spacial score (nSPS) is 12.9. The number of alkyl carbamates (subject to hydrolysis) is 4. The van der Waals surface area contributed by atoms with Crippen LogP contribution in [0.25, 0.3) is 54.5 Å². The zero-order valence-corrected chi connectivity index (χ0v) is 85.7. The van der Waals surface area contributed by atoms with E-state index in [0.29, 0.717) is 45.4 Å². The van der Waals surface area contributed by atoms with E-state index in [4.69, 9.17) is 73.4 Å². The number of rotatable bonds is 24. The number of hydrogen-bond donors (Lipinski definition) is 14. The number of phenols is 1. The minimum Gasteiger partial charge on any atom is -0.508 e. The number of ketones is 2. The molecule has 0 saturated carbocycles. The number of Topliss-reactive ketones (excluding diaryl/α,β-unsaturated/α-hetero) is 2. The van der Waals surface area contributed by atoms with Crippen LogP contribution in [0.1, 0.15) is 213 Å². The van der Waals surface area contributed by atoms with Crippen LogP contribution in [0.3, 0.4) is 0 Å². The van der Waals surface area contributed by atoms with Gasteiger partial charge in [0.1, 0.15) is 85.6 Å². The number of carbonyl (C=O) groups excluding carboxylic acids is 10. The minimum atomic E-state index is -1.20. The number of carboxylic acids is 2. The summed E-state index contributed by atoms with van der Waals surface area (Å²) in [5.41, 5.74) is 14.4. The number of anilines is 1. The minimum absolute atomic E-state index is 0.00443. The topological polar surface area (TPSA) is 568 Å². The van der Waals surface area contributed by atoms with Crippen molar-refractivity contribution < 1.29 is 130 Å². The van der Waals surface area contributed by atoms with Gasteiger partial charge in [-0.2, -0.15) is 0 Å². The summed E-state index contributed by atoms with van der Waals surface area (Å²) < 4.78 is 62.9. The number of thiazole rings is 1. The van der Waals surface area contributed by atoms with Crippen molar-refractivity contribution >= 4 is 159 Å². The number of phenolic OH excluding ortho intramolecular Hbond substituents is 1. The number of amides is 4. The van der Waals surface area contributed by atoms with Gasteiger partial charge in [-0.1, -0.05) is 15.9 Å². The van der Waals surface area contributed by atoms with Crippen LogP contribution in [0.4, 0.5) is 43.5 Å². The molecule has 0 bridgehead atoms. The third kappa shape index (κ3) is 39.1. The van der Waals surface area contributed by atoms with Crippen LogP contribution in [-0.4, -0.2) is 192 Å². The van der Waals surface area contributed by atoms with E-state index in [9.17, 15) is 67.7 Å². The largest absolute Gasteiger partial charge is 0.514 e. The number of carboxylic acid groups (broad SMARTS) is 2. The van der Waals surface area contributed by atoms with Gasteiger partial charge in [0.15, 0.2) is 16.7 Å². The van der Waals surface area contributed by atoms with Gasteiger partial charge in [0.05, 0.1) is 29.1 Å². The van der Waals surface area contributed by atoms with Crippen LogP contribution >= 0.6 is 27.3 Å². The average Bonchev–Trinajstić information content (AvgIpc) is 1.68. The van der Waals surface area contributed by atoms with E-state index in [2.05, 4.69) is 67.1 Å². The summed E-state index contributed by atoms with van der Waals surface area (Å²) in [5.74, 6) is -1.24. The molecule has 6 heterocycles. The second-order valence-corrected chi connectivity index (χ2v) is 41.8. The lowest BCUT2D eigenvalue weighted by atomic mass is 10.0. The number of aromatic nitrogens is 6. The molecule has 11 rings (SSSR count). The maximum atomic E-state index is 12.5. The highest BCUT2D eigenvalue weighted by Gasteiger charge is 2.32. The number of nitrogens with one attached hydrogen (secondary N) is 9. The average molecular weight is 2030 g/mol. The number of aliphatic carboxylic acids is 2.